The van der Waals surface area contributed by atoms with E-state index in [-0.39, 0.29) is 18.2 Å². The van der Waals surface area contributed by atoms with Crippen LogP contribution in [0.2, 0.25) is 0 Å². The van der Waals surface area contributed by atoms with Crippen molar-refractivity contribution in [2.24, 2.45) is 5.92 Å². The summed E-state index contributed by atoms with van der Waals surface area (Å²) < 4.78 is 25.9. The number of benzene rings is 1. The van der Waals surface area contributed by atoms with Crippen LogP contribution in [0.25, 0.3) is 0 Å². The molecule has 0 fully saturated rings. The minimum absolute atomic E-state index is 0.176. The SMILES string of the molecule is CC(C)CNC(=O)CNS(=O)(=O)Cc1ccc(N)cc1. The highest BCUT2D eigenvalue weighted by Crippen LogP contribution is 2.08. The third-order valence-corrected chi connectivity index (χ3v) is 3.79. The molecule has 1 aromatic carbocycles. The molecular formula is C13H21N3O3S. The Morgan fingerprint density at radius 1 is 1.25 bits per heavy atom. The highest BCUT2D eigenvalue weighted by atomic mass is 32.2. The standard InChI is InChI=1S/C13H21N3O3S/c1-10(2)7-15-13(17)8-16-20(18,19)9-11-3-5-12(14)6-4-11/h3-6,10,16H,7-9,14H2,1-2H3,(H,15,17). The molecule has 1 rings (SSSR count). The first kappa shape index (κ1) is 16.5. The summed E-state index contributed by atoms with van der Waals surface area (Å²) in [5.74, 6) is -0.185. The van der Waals surface area contributed by atoms with Crippen LogP contribution in [-0.4, -0.2) is 27.4 Å². The zero-order valence-electron chi connectivity index (χ0n) is 11.7. The van der Waals surface area contributed by atoms with Crippen molar-refractivity contribution in [3.8, 4) is 0 Å². The topological polar surface area (TPSA) is 101 Å². The molecule has 0 unspecified atom stereocenters. The molecular weight excluding hydrogens is 278 g/mol. The Bertz CT molecular complexity index is 538. The highest BCUT2D eigenvalue weighted by Gasteiger charge is 2.13. The number of hydrogen-bond acceptors (Lipinski definition) is 4. The fourth-order valence-corrected chi connectivity index (χ4v) is 2.52. The number of amides is 1. The number of rotatable bonds is 7. The average molecular weight is 299 g/mol. The lowest BCUT2D eigenvalue weighted by Gasteiger charge is -2.09. The molecule has 4 N–H and O–H groups in total. The van der Waals surface area contributed by atoms with E-state index in [9.17, 15) is 13.2 Å². The van der Waals surface area contributed by atoms with Crippen LogP contribution in [0.5, 0.6) is 0 Å². The van der Waals surface area contributed by atoms with Crippen molar-refractivity contribution in [1.82, 2.24) is 10.0 Å². The minimum Gasteiger partial charge on any atom is -0.399 e. The van der Waals surface area contributed by atoms with Crippen LogP contribution in [0.15, 0.2) is 24.3 Å². The van der Waals surface area contributed by atoms with Crippen molar-refractivity contribution in [1.29, 1.82) is 0 Å². The molecule has 0 bridgehead atoms. The first-order chi connectivity index (χ1) is 9.28. The first-order valence-electron chi connectivity index (χ1n) is 6.37. The van der Waals surface area contributed by atoms with Gasteiger partial charge in [0.05, 0.1) is 12.3 Å². The number of nitrogen functional groups attached to an aromatic ring is 1. The Hall–Kier alpha value is -1.60. The molecule has 0 aromatic heterocycles. The fraction of sp³-hybridized carbons (Fsp3) is 0.462. The number of carbonyl (C=O) groups is 1. The van der Waals surface area contributed by atoms with Gasteiger partial charge in [0.25, 0.3) is 0 Å². The van der Waals surface area contributed by atoms with Gasteiger partial charge in [0, 0.05) is 12.2 Å². The van der Waals surface area contributed by atoms with Gasteiger partial charge in [-0.2, -0.15) is 0 Å². The maximum Gasteiger partial charge on any atom is 0.235 e. The molecule has 0 saturated carbocycles. The summed E-state index contributed by atoms with van der Waals surface area (Å²) in [5.41, 5.74) is 6.72. The average Bonchev–Trinajstić information content (AvgIpc) is 2.36. The monoisotopic (exact) mass is 299 g/mol. The van der Waals surface area contributed by atoms with E-state index in [1.807, 2.05) is 13.8 Å². The van der Waals surface area contributed by atoms with Gasteiger partial charge in [-0.1, -0.05) is 26.0 Å². The van der Waals surface area contributed by atoms with Crippen LogP contribution in [-0.2, 0) is 20.6 Å². The molecule has 0 aliphatic heterocycles. The lowest BCUT2D eigenvalue weighted by molar-refractivity contribution is -0.120. The van der Waals surface area contributed by atoms with Gasteiger partial charge in [-0.05, 0) is 23.6 Å². The quantitative estimate of drug-likeness (QED) is 0.637. The van der Waals surface area contributed by atoms with Gasteiger partial charge in [-0.15, -0.1) is 0 Å². The molecule has 0 aliphatic carbocycles. The zero-order chi connectivity index (χ0) is 15.2. The number of sulfonamides is 1. The maximum atomic E-state index is 11.8. The zero-order valence-corrected chi connectivity index (χ0v) is 12.5. The van der Waals surface area contributed by atoms with E-state index in [1.165, 1.54) is 0 Å². The first-order valence-corrected chi connectivity index (χ1v) is 8.02. The van der Waals surface area contributed by atoms with Crippen LogP contribution in [0, 0.1) is 5.92 Å². The van der Waals surface area contributed by atoms with Crippen LogP contribution in [0.4, 0.5) is 5.69 Å². The molecule has 20 heavy (non-hydrogen) atoms. The molecule has 0 heterocycles. The van der Waals surface area contributed by atoms with Crippen molar-refractivity contribution >= 4 is 21.6 Å². The molecule has 0 aliphatic rings. The molecule has 7 heteroatoms. The normalized spacial score (nSPS) is 11.6. The summed E-state index contributed by atoms with van der Waals surface area (Å²) in [7, 11) is -3.53. The summed E-state index contributed by atoms with van der Waals surface area (Å²) in [4.78, 5) is 11.4. The number of carbonyl (C=O) groups excluding carboxylic acids is 1. The summed E-state index contributed by atoms with van der Waals surface area (Å²) >= 11 is 0. The molecule has 0 spiro atoms. The van der Waals surface area contributed by atoms with E-state index < -0.39 is 10.0 Å². The minimum atomic E-state index is -3.53. The smallest absolute Gasteiger partial charge is 0.235 e. The number of nitrogens with two attached hydrogens (primary N) is 1. The van der Waals surface area contributed by atoms with E-state index in [0.29, 0.717) is 23.7 Å². The van der Waals surface area contributed by atoms with Crippen molar-refractivity contribution in [3.05, 3.63) is 29.8 Å². The lowest BCUT2D eigenvalue weighted by atomic mass is 10.2. The van der Waals surface area contributed by atoms with Gasteiger partial charge < -0.3 is 11.1 Å². The summed E-state index contributed by atoms with van der Waals surface area (Å²) in [6, 6.07) is 6.57. The number of nitrogens with one attached hydrogen (secondary N) is 2. The maximum absolute atomic E-state index is 11.8. The van der Waals surface area contributed by atoms with Crippen molar-refractivity contribution < 1.29 is 13.2 Å². The Labute approximate surface area is 119 Å². The summed E-state index contributed by atoms with van der Waals surface area (Å²) in [6.45, 7) is 4.21. The summed E-state index contributed by atoms with van der Waals surface area (Å²) in [5, 5.41) is 2.64. The van der Waals surface area contributed by atoms with Crippen LogP contribution in [0.3, 0.4) is 0 Å². The number of hydrogen-bond donors (Lipinski definition) is 3. The Balaban J connectivity index is 2.45. The molecule has 112 valence electrons. The molecule has 0 radical (unpaired) electrons. The summed E-state index contributed by atoms with van der Waals surface area (Å²) in [6.07, 6.45) is 0. The predicted octanol–water partition coefficient (Wildman–Crippen LogP) is 0.460. The number of anilines is 1. The van der Waals surface area contributed by atoms with Crippen LogP contribution in [0.1, 0.15) is 19.4 Å². The van der Waals surface area contributed by atoms with E-state index in [0.717, 1.165) is 0 Å². The molecule has 1 aromatic rings. The van der Waals surface area contributed by atoms with Crippen molar-refractivity contribution in [3.63, 3.8) is 0 Å². The highest BCUT2D eigenvalue weighted by molar-refractivity contribution is 7.88. The van der Waals surface area contributed by atoms with Crippen LogP contribution < -0.4 is 15.8 Å². The van der Waals surface area contributed by atoms with Gasteiger partial charge >= 0.3 is 0 Å². The fourth-order valence-electron chi connectivity index (χ4n) is 1.44. The van der Waals surface area contributed by atoms with E-state index >= 15 is 0 Å². The predicted molar refractivity (Wildman–Crippen MR) is 79.3 cm³/mol. The van der Waals surface area contributed by atoms with Gasteiger partial charge in [0.2, 0.25) is 15.9 Å². The third-order valence-electron chi connectivity index (χ3n) is 2.50. The Kier molecular flexibility index (Phi) is 5.97. The van der Waals surface area contributed by atoms with E-state index in [4.69, 9.17) is 5.73 Å². The van der Waals surface area contributed by atoms with Crippen molar-refractivity contribution in [2.75, 3.05) is 18.8 Å². The van der Waals surface area contributed by atoms with Gasteiger partial charge in [-0.3, -0.25) is 4.79 Å². The van der Waals surface area contributed by atoms with Gasteiger partial charge in [-0.25, -0.2) is 13.1 Å². The molecule has 6 nitrogen and oxygen atoms in total. The van der Waals surface area contributed by atoms with Gasteiger partial charge in [0.1, 0.15) is 0 Å². The van der Waals surface area contributed by atoms with Gasteiger partial charge in [0.15, 0.2) is 0 Å². The van der Waals surface area contributed by atoms with Crippen molar-refractivity contribution in [2.45, 2.75) is 19.6 Å². The van der Waals surface area contributed by atoms with E-state index in [1.54, 1.807) is 24.3 Å². The second kappa shape index (κ2) is 7.25. The largest absolute Gasteiger partial charge is 0.399 e. The second-order valence-electron chi connectivity index (χ2n) is 5.02. The Morgan fingerprint density at radius 2 is 1.85 bits per heavy atom. The Morgan fingerprint density at radius 3 is 2.40 bits per heavy atom. The second-order valence-corrected chi connectivity index (χ2v) is 6.83. The lowest BCUT2D eigenvalue weighted by Crippen LogP contribution is -2.38. The molecule has 0 atom stereocenters. The third kappa shape index (κ3) is 6.53. The van der Waals surface area contributed by atoms with E-state index in [2.05, 4.69) is 10.0 Å². The van der Waals surface area contributed by atoms with Crippen LogP contribution >= 0.6 is 0 Å². The molecule has 1 amide bonds. The molecule has 0 saturated heterocycles.